The van der Waals surface area contributed by atoms with Crippen LogP contribution in [-0.4, -0.2) is 4.40 Å². The summed E-state index contributed by atoms with van der Waals surface area (Å²) < 4.78 is 14.2. The van der Waals surface area contributed by atoms with Crippen LogP contribution >= 0.6 is 0 Å². The monoisotopic (exact) mass is 601 g/mol. The fourth-order valence-corrected chi connectivity index (χ4v) is 7.82. The molecule has 0 saturated heterocycles. The average Bonchev–Trinajstić information content (AvgIpc) is 3.79. The van der Waals surface area contributed by atoms with Gasteiger partial charge in [-0.25, -0.2) is 0 Å². The second-order valence-corrected chi connectivity index (χ2v) is 12.4. The maximum absolute atomic E-state index is 14.4. The summed E-state index contributed by atoms with van der Waals surface area (Å²) in [4.78, 5) is 14.4. The molecule has 0 aliphatic carbocycles. The number of rotatable bonds is 2. The molecule has 0 aliphatic heterocycles. The van der Waals surface area contributed by atoms with Gasteiger partial charge in [-0.2, -0.15) is 0 Å². The molecule has 0 bridgehead atoms. The first-order valence-electron chi connectivity index (χ1n) is 15.8. The Labute approximate surface area is 266 Å². The van der Waals surface area contributed by atoms with E-state index in [0.717, 1.165) is 98.7 Å². The van der Waals surface area contributed by atoms with Gasteiger partial charge in [-0.1, -0.05) is 91.0 Å². The lowest BCUT2D eigenvalue weighted by Gasteiger charge is -2.12. The van der Waals surface area contributed by atoms with Crippen LogP contribution in [0.25, 0.3) is 104 Å². The molecule has 0 fully saturated rings. The molecule has 0 amide bonds. The summed E-state index contributed by atoms with van der Waals surface area (Å²) in [5.74, 6) is 0. The number of fused-ring (bicyclic) bond motifs is 11. The molecule has 4 heteroatoms. The van der Waals surface area contributed by atoms with Crippen molar-refractivity contribution >= 4 is 81.8 Å². The highest BCUT2D eigenvalue weighted by atomic mass is 16.3. The Bertz CT molecular complexity index is 3160. The van der Waals surface area contributed by atoms with E-state index in [9.17, 15) is 4.79 Å². The van der Waals surface area contributed by atoms with Crippen molar-refractivity contribution in [2.45, 2.75) is 0 Å². The molecule has 0 radical (unpaired) electrons. The van der Waals surface area contributed by atoms with Gasteiger partial charge in [0.15, 0.2) is 0 Å². The molecule has 0 spiro atoms. The lowest BCUT2D eigenvalue weighted by Crippen LogP contribution is -2.13. The van der Waals surface area contributed by atoms with Gasteiger partial charge < -0.3 is 8.83 Å². The second kappa shape index (κ2) is 8.87. The van der Waals surface area contributed by atoms with Crippen molar-refractivity contribution in [1.82, 2.24) is 4.40 Å². The zero-order valence-corrected chi connectivity index (χ0v) is 25.0. The number of hydrogen-bond acceptors (Lipinski definition) is 3. The third-order valence-electron chi connectivity index (χ3n) is 9.96. The topological polar surface area (TPSA) is 47.8 Å². The molecule has 7 aromatic carbocycles. The number of hydrogen-bond donors (Lipinski definition) is 0. The van der Waals surface area contributed by atoms with Crippen molar-refractivity contribution in [2.75, 3.05) is 0 Å². The zero-order chi connectivity index (χ0) is 30.8. The van der Waals surface area contributed by atoms with Gasteiger partial charge in [0.1, 0.15) is 22.3 Å². The van der Waals surface area contributed by atoms with E-state index in [1.54, 1.807) is 0 Å². The summed E-state index contributed by atoms with van der Waals surface area (Å²) in [6.07, 6.45) is 0. The highest BCUT2D eigenvalue weighted by molar-refractivity contribution is 6.25. The highest BCUT2D eigenvalue weighted by Crippen LogP contribution is 2.42. The van der Waals surface area contributed by atoms with Gasteiger partial charge in [0.2, 0.25) is 0 Å². The number of nitrogens with zero attached hydrogens (tertiary/aromatic N) is 1. The van der Waals surface area contributed by atoms with Gasteiger partial charge in [0.05, 0.1) is 11.0 Å². The first kappa shape index (κ1) is 24.9. The fraction of sp³-hybridized carbons (Fsp3) is 0. The molecular formula is C43H23NO3. The van der Waals surface area contributed by atoms with E-state index in [4.69, 9.17) is 8.83 Å². The van der Waals surface area contributed by atoms with Gasteiger partial charge >= 0.3 is 0 Å². The van der Waals surface area contributed by atoms with Gasteiger partial charge in [0, 0.05) is 43.1 Å². The van der Waals surface area contributed by atoms with E-state index in [2.05, 4.69) is 78.9 Å². The minimum atomic E-state index is -0.00467. The highest BCUT2D eigenvalue weighted by Gasteiger charge is 2.21. The summed E-state index contributed by atoms with van der Waals surface area (Å²) in [6.45, 7) is 0. The molecule has 0 aliphatic rings. The Morgan fingerprint density at radius 2 is 0.936 bits per heavy atom. The van der Waals surface area contributed by atoms with E-state index in [0.29, 0.717) is 5.39 Å². The summed E-state index contributed by atoms with van der Waals surface area (Å²) in [5, 5.41) is 9.23. The molecule has 0 N–H and O–H groups in total. The van der Waals surface area contributed by atoms with Crippen LogP contribution in [0.15, 0.2) is 153 Å². The molecule has 47 heavy (non-hydrogen) atoms. The summed E-state index contributed by atoms with van der Waals surface area (Å²) in [6, 6.07) is 47.9. The smallest absolute Gasteiger partial charge is 0.263 e. The summed E-state index contributed by atoms with van der Waals surface area (Å²) >= 11 is 0. The molecule has 4 nitrogen and oxygen atoms in total. The van der Waals surface area contributed by atoms with E-state index in [-0.39, 0.29) is 5.56 Å². The van der Waals surface area contributed by atoms with E-state index in [1.807, 2.05) is 65.1 Å². The van der Waals surface area contributed by atoms with Crippen molar-refractivity contribution in [3.63, 3.8) is 0 Å². The first-order valence-corrected chi connectivity index (χ1v) is 15.8. The standard InChI is InChI=1S/C43H23NO3/c45-43-33-10-2-1-9-31(33)41-27(26-15-20-40-35(22-26)30-8-4-6-12-38(30)47-40)17-18-32-28-16-13-25(23-36(28)44(43)42(32)41)24-14-19-39-34(21-24)29-7-3-5-11-37(29)46-39/h1-23H. The minimum Gasteiger partial charge on any atom is -0.456 e. The summed E-state index contributed by atoms with van der Waals surface area (Å²) in [5.41, 5.74) is 9.64. The number of pyridine rings is 1. The Morgan fingerprint density at radius 3 is 1.66 bits per heavy atom. The van der Waals surface area contributed by atoms with Crippen LogP contribution in [-0.2, 0) is 0 Å². The van der Waals surface area contributed by atoms with Crippen LogP contribution in [0.4, 0.5) is 0 Å². The molecule has 11 rings (SSSR count). The third kappa shape index (κ3) is 3.28. The molecule has 218 valence electrons. The van der Waals surface area contributed by atoms with Crippen LogP contribution in [0.2, 0.25) is 0 Å². The van der Waals surface area contributed by atoms with E-state index < -0.39 is 0 Å². The second-order valence-electron chi connectivity index (χ2n) is 12.4. The minimum absolute atomic E-state index is 0.00467. The van der Waals surface area contributed by atoms with Crippen molar-refractivity contribution < 1.29 is 8.83 Å². The first-order chi connectivity index (χ1) is 23.2. The molecular weight excluding hydrogens is 578 g/mol. The van der Waals surface area contributed by atoms with E-state index in [1.165, 1.54) is 0 Å². The quantitative estimate of drug-likeness (QED) is 0.185. The van der Waals surface area contributed by atoms with Gasteiger partial charge in [-0.15, -0.1) is 0 Å². The predicted molar refractivity (Wildman–Crippen MR) is 193 cm³/mol. The Hall–Kier alpha value is -6.39. The molecule has 4 aromatic heterocycles. The van der Waals surface area contributed by atoms with Crippen molar-refractivity contribution in [2.24, 2.45) is 0 Å². The Balaban J connectivity index is 1.21. The van der Waals surface area contributed by atoms with Crippen LogP contribution in [0, 0.1) is 0 Å². The lowest BCUT2D eigenvalue weighted by molar-refractivity contribution is 0.668. The Kier molecular flexibility index (Phi) is 4.69. The van der Waals surface area contributed by atoms with E-state index >= 15 is 0 Å². The SMILES string of the molecule is O=c1c2ccccc2c2c(-c3ccc4oc5ccccc5c4c3)ccc3c4ccc(-c5ccc6oc7ccccc7c6c5)cc4n1c32. The van der Waals surface area contributed by atoms with Crippen molar-refractivity contribution in [1.29, 1.82) is 0 Å². The predicted octanol–water partition coefficient (Wildman–Crippen LogP) is 11.3. The Morgan fingerprint density at radius 1 is 0.404 bits per heavy atom. The zero-order valence-electron chi connectivity index (χ0n) is 25.0. The van der Waals surface area contributed by atoms with Crippen molar-refractivity contribution in [3.05, 3.63) is 150 Å². The van der Waals surface area contributed by atoms with Crippen LogP contribution < -0.4 is 5.56 Å². The largest absolute Gasteiger partial charge is 0.456 e. The molecule has 0 unspecified atom stereocenters. The van der Waals surface area contributed by atoms with Crippen LogP contribution in [0.1, 0.15) is 0 Å². The molecule has 0 saturated carbocycles. The van der Waals surface area contributed by atoms with Gasteiger partial charge in [-0.05, 0) is 76.2 Å². The van der Waals surface area contributed by atoms with Crippen LogP contribution in [0.3, 0.4) is 0 Å². The average molecular weight is 602 g/mol. The van der Waals surface area contributed by atoms with Gasteiger partial charge in [0.25, 0.3) is 5.56 Å². The van der Waals surface area contributed by atoms with Gasteiger partial charge in [-0.3, -0.25) is 9.20 Å². The number of furan rings is 2. The summed E-state index contributed by atoms with van der Waals surface area (Å²) in [7, 11) is 0. The third-order valence-corrected chi connectivity index (χ3v) is 9.96. The van der Waals surface area contributed by atoms with Crippen LogP contribution in [0.5, 0.6) is 0 Å². The molecule has 4 heterocycles. The molecule has 0 atom stereocenters. The van der Waals surface area contributed by atoms with Crippen molar-refractivity contribution in [3.8, 4) is 22.3 Å². The normalized spacial score (nSPS) is 12.3. The maximum Gasteiger partial charge on any atom is 0.263 e. The maximum atomic E-state index is 14.4. The number of benzene rings is 7. The number of para-hydroxylation sites is 2. The molecule has 11 aromatic rings. The number of aromatic nitrogens is 1. The fourth-order valence-electron chi connectivity index (χ4n) is 7.82. The lowest BCUT2D eigenvalue weighted by atomic mass is 9.94.